The molecule has 1 aromatic carbocycles. The Morgan fingerprint density at radius 3 is 2.67 bits per heavy atom. The summed E-state index contributed by atoms with van der Waals surface area (Å²) in [6.07, 6.45) is 0.397. The van der Waals surface area contributed by atoms with E-state index in [0.717, 1.165) is 6.54 Å². The Hall–Kier alpha value is -1.88. The van der Waals surface area contributed by atoms with Crippen LogP contribution in [0, 0.1) is 6.92 Å². The monoisotopic (exact) mass is 249 g/mol. The van der Waals surface area contributed by atoms with E-state index in [9.17, 15) is 9.59 Å². The minimum Gasteiger partial charge on any atom is -0.366 e. The Morgan fingerprint density at radius 1 is 1.33 bits per heavy atom. The first-order valence-corrected chi connectivity index (χ1v) is 5.96. The van der Waals surface area contributed by atoms with Crippen molar-refractivity contribution in [1.29, 1.82) is 0 Å². The molecule has 0 aromatic heterocycles. The standard InChI is InChI=1S/C13H19N3O2/c1-3-15-8-7-12(17)16-11-6-4-5-10(9(11)2)13(14)18/h4-6,15H,3,7-8H2,1-2H3,(H2,14,18)(H,16,17). The van der Waals surface area contributed by atoms with Gasteiger partial charge in [0.25, 0.3) is 0 Å². The maximum absolute atomic E-state index is 11.7. The predicted octanol–water partition coefficient (Wildman–Crippen LogP) is 1.03. The van der Waals surface area contributed by atoms with Gasteiger partial charge < -0.3 is 16.4 Å². The summed E-state index contributed by atoms with van der Waals surface area (Å²) in [7, 11) is 0. The minimum atomic E-state index is -0.490. The highest BCUT2D eigenvalue weighted by Gasteiger charge is 2.10. The summed E-state index contributed by atoms with van der Waals surface area (Å²) in [5.74, 6) is -0.572. The van der Waals surface area contributed by atoms with Crippen LogP contribution in [0.2, 0.25) is 0 Å². The molecule has 98 valence electrons. The van der Waals surface area contributed by atoms with Crippen LogP contribution in [0.1, 0.15) is 29.3 Å². The molecule has 0 bridgehead atoms. The molecular weight excluding hydrogens is 230 g/mol. The number of carbonyl (C=O) groups excluding carboxylic acids is 2. The highest BCUT2D eigenvalue weighted by atomic mass is 16.2. The molecule has 0 radical (unpaired) electrons. The Labute approximate surface area is 107 Å². The Balaban J connectivity index is 2.70. The number of hydrogen-bond donors (Lipinski definition) is 3. The Bertz CT molecular complexity index is 444. The SMILES string of the molecule is CCNCCC(=O)Nc1cccc(C(N)=O)c1C. The predicted molar refractivity (Wildman–Crippen MR) is 71.5 cm³/mol. The number of carbonyl (C=O) groups is 2. The molecule has 0 spiro atoms. The number of amides is 2. The fourth-order valence-electron chi connectivity index (χ4n) is 1.63. The molecule has 0 aliphatic carbocycles. The van der Waals surface area contributed by atoms with Crippen LogP contribution >= 0.6 is 0 Å². The summed E-state index contributed by atoms with van der Waals surface area (Å²) < 4.78 is 0. The van der Waals surface area contributed by atoms with Crippen molar-refractivity contribution in [3.05, 3.63) is 29.3 Å². The Kier molecular flexibility index (Phi) is 5.32. The first-order chi connectivity index (χ1) is 8.56. The van der Waals surface area contributed by atoms with Gasteiger partial charge in [0.1, 0.15) is 0 Å². The van der Waals surface area contributed by atoms with E-state index < -0.39 is 5.91 Å². The molecule has 0 heterocycles. The third kappa shape index (κ3) is 3.85. The van der Waals surface area contributed by atoms with Gasteiger partial charge in [0.15, 0.2) is 0 Å². The summed E-state index contributed by atoms with van der Waals surface area (Å²) in [4.78, 5) is 22.8. The fourth-order valence-corrected chi connectivity index (χ4v) is 1.63. The van der Waals surface area contributed by atoms with Crippen LogP contribution in [0.15, 0.2) is 18.2 Å². The molecule has 0 atom stereocenters. The topological polar surface area (TPSA) is 84.2 Å². The first-order valence-electron chi connectivity index (χ1n) is 5.96. The second-order valence-corrected chi connectivity index (χ2v) is 3.99. The van der Waals surface area contributed by atoms with E-state index in [0.29, 0.717) is 29.8 Å². The van der Waals surface area contributed by atoms with Gasteiger partial charge in [0.2, 0.25) is 11.8 Å². The number of benzene rings is 1. The van der Waals surface area contributed by atoms with Crippen LogP contribution in [-0.4, -0.2) is 24.9 Å². The average Bonchev–Trinajstić information content (AvgIpc) is 2.32. The van der Waals surface area contributed by atoms with Crippen LogP contribution in [0.25, 0.3) is 0 Å². The van der Waals surface area contributed by atoms with Gasteiger partial charge in [-0.2, -0.15) is 0 Å². The molecule has 5 nitrogen and oxygen atoms in total. The molecule has 4 N–H and O–H groups in total. The van der Waals surface area contributed by atoms with E-state index in [1.54, 1.807) is 25.1 Å². The van der Waals surface area contributed by atoms with Gasteiger partial charge in [-0.05, 0) is 31.2 Å². The Morgan fingerprint density at radius 2 is 2.06 bits per heavy atom. The van der Waals surface area contributed by atoms with Gasteiger partial charge in [0, 0.05) is 24.2 Å². The molecule has 0 saturated carbocycles. The third-order valence-electron chi connectivity index (χ3n) is 2.65. The third-order valence-corrected chi connectivity index (χ3v) is 2.65. The van der Waals surface area contributed by atoms with E-state index in [1.807, 2.05) is 6.92 Å². The van der Waals surface area contributed by atoms with Crippen LogP contribution in [0.5, 0.6) is 0 Å². The number of rotatable bonds is 6. The molecular formula is C13H19N3O2. The molecule has 5 heteroatoms. The highest BCUT2D eigenvalue weighted by molar-refractivity contribution is 5.98. The first kappa shape index (κ1) is 14.2. The quantitative estimate of drug-likeness (QED) is 0.658. The van der Waals surface area contributed by atoms with Gasteiger partial charge in [-0.15, -0.1) is 0 Å². The second-order valence-electron chi connectivity index (χ2n) is 3.99. The van der Waals surface area contributed by atoms with Crippen molar-refractivity contribution >= 4 is 17.5 Å². The molecule has 1 aromatic rings. The van der Waals surface area contributed by atoms with Gasteiger partial charge >= 0.3 is 0 Å². The molecule has 0 fully saturated rings. The number of anilines is 1. The maximum Gasteiger partial charge on any atom is 0.249 e. The lowest BCUT2D eigenvalue weighted by molar-refractivity contribution is -0.116. The fraction of sp³-hybridized carbons (Fsp3) is 0.385. The van der Waals surface area contributed by atoms with Gasteiger partial charge in [-0.3, -0.25) is 9.59 Å². The zero-order valence-corrected chi connectivity index (χ0v) is 10.7. The largest absolute Gasteiger partial charge is 0.366 e. The van der Waals surface area contributed by atoms with Crippen molar-refractivity contribution in [2.45, 2.75) is 20.3 Å². The van der Waals surface area contributed by atoms with Crippen LogP contribution < -0.4 is 16.4 Å². The lowest BCUT2D eigenvalue weighted by atomic mass is 10.1. The minimum absolute atomic E-state index is 0.0827. The van der Waals surface area contributed by atoms with Crippen molar-refractivity contribution in [2.24, 2.45) is 5.73 Å². The summed E-state index contributed by atoms with van der Waals surface area (Å²) in [6, 6.07) is 5.10. The lowest BCUT2D eigenvalue weighted by Crippen LogP contribution is -2.22. The van der Waals surface area contributed by atoms with E-state index in [-0.39, 0.29) is 5.91 Å². The molecule has 0 unspecified atom stereocenters. The highest BCUT2D eigenvalue weighted by Crippen LogP contribution is 2.18. The van der Waals surface area contributed by atoms with Gasteiger partial charge in [0.05, 0.1) is 0 Å². The molecule has 18 heavy (non-hydrogen) atoms. The number of nitrogens with one attached hydrogen (secondary N) is 2. The number of primary amides is 1. The molecule has 0 aliphatic rings. The molecule has 0 saturated heterocycles. The van der Waals surface area contributed by atoms with Crippen LogP contribution in [-0.2, 0) is 4.79 Å². The summed E-state index contributed by atoms with van der Waals surface area (Å²) in [6.45, 7) is 5.22. The molecule has 0 aliphatic heterocycles. The van der Waals surface area contributed by atoms with E-state index in [2.05, 4.69) is 10.6 Å². The lowest BCUT2D eigenvalue weighted by Gasteiger charge is -2.10. The van der Waals surface area contributed by atoms with Crippen molar-refractivity contribution in [3.8, 4) is 0 Å². The zero-order valence-electron chi connectivity index (χ0n) is 10.7. The second kappa shape index (κ2) is 6.76. The van der Waals surface area contributed by atoms with E-state index >= 15 is 0 Å². The summed E-state index contributed by atoms with van der Waals surface area (Å²) >= 11 is 0. The molecule has 1 rings (SSSR count). The maximum atomic E-state index is 11.7. The molecule has 2 amide bonds. The van der Waals surface area contributed by atoms with E-state index in [1.165, 1.54) is 0 Å². The normalized spacial score (nSPS) is 10.1. The summed E-state index contributed by atoms with van der Waals surface area (Å²) in [5, 5.41) is 5.85. The van der Waals surface area contributed by atoms with Crippen LogP contribution in [0.3, 0.4) is 0 Å². The number of nitrogens with two attached hydrogens (primary N) is 1. The zero-order chi connectivity index (χ0) is 13.5. The number of hydrogen-bond acceptors (Lipinski definition) is 3. The summed E-state index contributed by atoms with van der Waals surface area (Å²) in [5.41, 5.74) is 7.01. The van der Waals surface area contributed by atoms with Crippen molar-refractivity contribution in [1.82, 2.24) is 5.32 Å². The van der Waals surface area contributed by atoms with E-state index in [4.69, 9.17) is 5.73 Å². The van der Waals surface area contributed by atoms with Crippen LogP contribution in [0.4, 0.5) is 5.69 Å². The van der Waals surface area contributed by atoms with Crippen molar-refractivity contribution in [2.75, 3.05) is 18.4 Å². The smallest absolute Gasteiger partial charge is 0.249 e. The average molecular weight is 249 g/mol. The van der Waals surface area contributed by atoms with Gasteiger partial charge in [-0.25, -0.2) is 0 Å². The van der Waals surface area contributed by atoms with Gasteiger partial charge in [-0.1, -0.05) is 13.0 Å². The van der Waals surface area contributed by atoms with Crippen molar-refractivity contribution < 1.29 is 9.59 Å². The van der Waals surface area contributed by atoms with Crippen molar-refractivity contribution in [3.63, 3.8) is 0 Å².